The Bertz CT molecular complexity index is 612. The van der Waals surface area contributed by atoms with Gasteiger partial charge in [0, 0.05) is 17.7 Å². The summed E-state index contributed by atoms with van der Waals surface area (Å²) in [6.07, 6.45) is 6.62. The van der Waals surface area contributed by atoms with Crippen molar-refractivity contribution in [3.8, 4) is 0 Å². The molecule has 0 bridgehead atoms. The number of carbonyl (C=O) groups excluding carboxylic acids is 2. The standard InChI is InChI=1S/C18H21ClFNO3/c1-12-5-2-3-8-16(12)21-17(22)11-24-18(23)10-9-13-14(19)6-4-7-15(13)20/h4,6-7,9-10,12,16H,2-3,5,8,11H2,1H3,(H,21,22)/b10-9+/t12-,16-/m0/s1. The minimum atomic E-state index is -0.721. The molecule has 1 N–H and O–H groups in total. The van der Waals surface area contributed by atoms with Crippen molar-refractivity contribution >= 4 is 29.6 Å². The molecule has 0 spiro atoms. The van der Waals surface area contributed by atoms with Gasteiger partial charge in [-0.3, -0.25) is 4.79 Å². The molecule has 1 saturated carbocycles. The summed E-state index contributed by atoms with van der Waals surface area (Å²) in [6.45, 7) is 1.76. The molecule has 4 nitrogen and oxygen atoms in total. The lowest BCUT2D eigenvalue weighted by Crippen LogP contribution is -2.42. The molecular formula is C18H21ClFNO3. The molecule has 1 fully saturated rings. The molecule has 1 aliphatic rings. The highest BCUT2D eigenvalue weighted by molar-refractivity contribution is 6.32. The van der Waals surface area contributed by atoms with Gasteiger partial charge >= 0.3 is 5.97 Å². The molecule has 6 heteroatoms. The van der Waals surface area contributed by atoms with Crippen molar-refractivity contribution in [2.45, 2.75) is 38.6 Å². The van der Waals surface area contributed by atoms with Crippen LogP contribution in [0, 0.1) is 11.7 Å². The fourth-order valence-corrected chi connectivity index (χ4v) is 3.01. The molecule has 1 aromatic rings. The maximum atomic E-state index is 13.6. The third kappa shape index (κ3) is 5.34. The van der Waals surface area contributed by atoms with Gasteiger partial charge in [-0.05, 0) is 37.0 Å². The van der Waals surface area contributed by atoms with E-state index in [1.807, 2.05) is 0 Å². The van der Waals surface area contributed by atoms with E-state index >= 15 is 0 Å². The van der Waals surface area contributed by atoms with Gasteiger partial charge in [0.1, 0.15) is 5.82 Å². The van der Waals surface area contributed by atoms with Crippen LogP contribution in [0.3, 0.4) is 0 Å². The molecule has 0 saturated heterocycles. The maximum Gasteiger partial charge on any atom is 0.331 e. The highest BCUT2D eigenvalue weighted by Gasteiger charge is 2.22. The molecule has 0 radical (unpaired) electrons. The smallest absolute Gasteiger partial charge is 0.331 e. The number of hydrogen-bond donors (Lipinski definition) is 1. The van der Waals surface area contributed by atoms with Crippen LogP contribution in [0.4, 0.5) is 4.39 Å². The van der Waals surface area contributed by atoms with Crippen LogP contribution in [-0.2, 0) is 14.3 Å². The molecule has 1 amide bonds. The summed E-state index contributed by atoms with van der Waals surface area (Å²) in [5, 5.41) is 3.09. The molecule has 0 unspecified atom stereocenters. The number of hydrogen-bond acceptors (Lipinski definition) is 3. The van der Waals surface area contributed by atoms with E-state index in [9.17, 15) is 14.0 Å². The van der Waals surface area contributed by atoms with E-state index in [4.69, 9.17) is 16.3 Å². The van der Waals surface area contributed by atoms with Crippen molar-refractivity contribution in [1.82, 2.24) is 5.32 Å². The average Bonchev–Trinajstić information content (AvgIpc) is 2.54. The minimum Gasteiger partial charge on any atom is -0.452 e. The molecular weight excluding hydrogens is 333 g/mol. The topological polar surface area (TPSA) is 55.4 Å². The predicted molar refractivity (Wildman–Crippen MR) is 91.0 cm³/mol. The van der Waals surface area contributed by atoms with Crippen LogP contribution in [0.25, 0.3) is 6.08 Å². The second kappa shape index (κ2) is 8.83. The molecule has 0 heterocycles. The van der Waals surface area contributed by atoms with Crippen LogP contribution in [0.15, 0.2) is 24.3 Å². The summed E-state index contributed by atoms with van der Waals surface area (Å²) in [5.74, 6) is -1.14. The van der Waals surface area contributed by atoms with Gasteiger partial charge in [0.2, 0.25) is 0 Å². The largest absolute Gasteiger partial charge is 0.452 e. The van der Waals surface area contributed by atoms with Gasteiger partial charge in [0.05, 0.1) is 5.02 Å². The second-order valence-electron chi connectivity index (χ2n) is 6.01. The summed E-state index contributed by atoms with van der Waals surface area (Å²) in [6, 6.07) is 4.38. The van der Waals surface area contributed by atoms with E-state index in [1.165, 1.54) is 30.7 Å². The summed E-state index contributed by atoms with van der Waals surface area (Å²) in [4.78, 5) is 23.5. The first kappa shape index (κ1) is 18.5. The van der Waals surface area contributed by atoms with Gasteiger partial charge in [-0.25, -0.2) is 9.18 Å². The van der Waals surface area contributed by atoms with Gasteiger partial charge in [-0.1, -0.05) is 37.4 Å². The minimum absolute atomic E-state index is 0.108. The van der Waals surface area contributed by atoms with Crippen LogP contribution in [-0.4, -0.2) is 24.5 Å². The Morgan fingerprint density at radius 1 is 1.38 bits per heavy atom. The lowest BCUT2D eigenvalue weighted by Gasteiger charge is -2.29. The molecule has 1 aromatic carbocycles. The van der Waals surface area contributed by atoms with Crippen molar-refractivity contribution in [2.24, 2.45) is 5.92 Å². The number of benzene rings is 1. The van der Waals surface area contributed by atoms with Crippen LogP contribution in [0.2, 0.25) is 5.02 Å². The van der Waals surface area contributed by atoms with E-state index in [1.54, 1.807) is 0 Å². The van der Waals surface area contributed by atoms with Crippen molar-refractivity contribution in [1.29, 1.82) is 0 Å². The molecule has 24 heavy (non-hydrogen) atoms. The number of amides is 1. The van der Waals surface area contributed by atoms with E-state index in [0.717, 1.165) is 25.3 Å². The van der Waals surface area contributed by atoms with Gasteiger partial charge < -0.3 is 10.1 Å². The lowest BCUT2D eigenvalue weighted by atomic mass is 9.86. The molecule has 0 aromatic heterocycles. The first-order valence-electron chi connectivity index (χ1n) is 8.05. The number of rotatable bonds is 5. The fourth-order valence-electron chi connectivity index (χ4n) is 2.79. The van der Waals surface area contributed by atoms with Crippen LogP contribution < -0.4 is 5.32 Å². The number of carbonyl (C=O) groups is 2. The summed E-state index contributed by atoms with van der Waals surface area (Å²) in [5.41, 5.74) is 0.108. The number of halogens is 2. The Labute approximate surface area is 146 Å². The highest BCUT2D eigenvalue weighted by atomic mass is 35.5. The summed E-state index contributed by atoms with van der Waals surface area (Å²) >= 11 is 5.86. The van der Waals surface area contributed by atoms with Crippen LogP contribution in [0.5, 0.6) is 0 Å². The second-order valence-corrected chi connectivity index (χ2v) is 6.42. The number of esters is 1. The quantitative estimate of drug-likeness (QED) is 0.648. The molecule has 130 valence electrons. The van der Waals surface area contributed by atoms with E-state index in [2.05, 4.69) is 12.2 Å². The monoisotopic (exact) mass is 353 g/mol. The van der Waals surface area contributed by atoms with E-state index < -0.39 is 11.8 Å². The Morgan fingerprint density at radius 3 is 2.83 bits per heavy atom. The van der Waals surface area contributed by atoms with Gasteiger partial charge in [0.25, 0.3) is 5.91 Å². The van der Waals surface area contributed by atoms with E-state index in [0.29, 0.717) is 5.92 Å². The third-order valence-corrected chi connectivity index (χ3v) is 4.52. The molecule has 2 rings (SSSR count). The SMILES string of the molecule is C[C@H]1CCCC[C@@H]1NC(=O)COC(=O)/C=C/c1c(F)cccc1Cl. The Kier molecular flexibility index (Phi) is 6.79. The first-order valence-corrected chi connectivity index (χ1v) is 8.43. The van der Waals surface area contributed by atoms with E-state index in [-0.39, 0.29) is 29.1 Å². The van der Waals surface area contributed by atoms with Crippen molar-refractivity contribution in [2.75, 3.05) is 6.61 Å². The molecule has 1 aliphatic carbocycles. The van der Waals surface area contributed by atoms with Crippen LogP contribution >= 0.6 is 11.6 Å². The van der Waals surface area contributed by atoms with Crippen molar-refractivity contribution < 1.29 is 18.7 Å². The first-order chi connectivity index (χ1) is 11.5. The molecule has 0 aliphatic heterocycles. The third-order valence-electron chi connectivity index (χ3n) is 4.19. The average molecular weight is 354 g/mol. The van der Waals surface area contributed by atoms with Crippen molar-refractivity contribution in [3.05, 3.63) is 40.7 Å². The zero-order valence-corrected chi connectivity index (χ0v) is 14.3. The normalized spacial score (nSPS) is 20.8. The summed E-state index contributed by atoms with van der Waals surface area (Å²) < 4.78 is 18.4. The Morgan fingerprint density at radius 2 is 2.12 bits per heavy atom. The van der Waals surface area contributed by atoms with Gasteiger partial charge in [-0.15, -0.1) is 0 Å². The highest BCUT2D eigenvalue weighted by Crippen LogP contribution is 2.23. The fraction of sp³-hybridized carbons (Fsp3) is 0.444. The molecule has 2 atom stereocenters. The maximum absolute atomic E-state index is 13.6. The lowest BCUT2D eigenvalue weighted by molar-refractivity contribution is -0.144. The summed E-state index contributed by atoms with van der Waals surface area (Å²) in [7, 11) is 0. The Hall–Kier alpha value is -1.88. The Balaban J connectivity index is 1.80. The number of ether oxygens (including phenoxy) is 1. The van der Waals surface area contributed by atoms with Gasteiger partial charge in [0.15, 0.2) is 6.61 Å². The van der Waals surface area contributed by atoms with Crippen molar-refractivity contribution in [3.63, 3.8) is 0 Å². The predicted octanol–water partition coefficient (Wildman–Crippen LogP) is 3.73. The zero-order valence-electron chi connectivity index (χ0n) is 13.6. The van der Waals surface area contributed by atoms with Gasteiger partial charge in [-0.2, -0.15) is 0 Å². The number of nitrogens with one attached hydrogen (secondary N) is 1. The van der Waals surface area contributed by atoms with Crippen LogP contribution in [0.1, 0.15) is 38.2 Å². The zero-order chi connectivity index (χ0) is 17.5.